The van der Waals surface area contributed by atoms with Crippen LogP contribution in [0.2, 0.25) is 0 Å². The van der Waals surface area contributed by atoms with Gasteiger partial charge in [0.05, 0.1) is 5.69 Å². The van der Waals surface area contributed by atoms with Gasteiger partial charge in [0.2, 0.25) is 5.91 Å². The third-order valence-corrected chi connectivity index (χ3v) is 4.35. The molecule has 5 heteroatoms. The van der Waals surface area contributed by atoms with Crippen LogP contribution in [-0.2, 0) is 4.79 Å². The summed E-state index contributed by atoms with van der Waals surface area (Å²) in [6.45, 7) is 4.13. The number of rotatable bonds is 4. The molecule has 2 N–H and O–H groups in total. The van der Waals surface area contributed by atoms with Gasteiger partial charge < -0.3 is 10.6 Å². The van der Waals surface area contributed by atoms with Crippen LogP contribution in [0.15, 0.2) is 22.7 Å². The second-order valence-corrected chi connectivity index (χ2v) is 6.38. The molecule has 1 amide bonds. The average Bonchev–Trinajstić information content (AvgIpc) is 2.43. The van der Waals surface area contributed by atoms with Crippen LogP contribution in [0.3, 0.4) is 0 Å². The van der Waals surface area contributed by atoms with Gasteiger partial charge in [-0.25, -0.2) is 4.39 Å². The van der Waals surface area contributed by atoms with E-state index in [-0.39, 0.29) is 11.6 Å². The second kappa shape index (κ2) is 7.18. The summed E-state index contributed by atoms with van der Waals surface area (Å²) in [5, 5.41) is 6.01. The number of anilines is 1. The van der Waals surface area contributed by atoms with Gasteiger partial charge in [-0.15, -0.1) is 0 Å². The maximum atomic E-state index is 13.6. The van der Waals surface area contributed by atoms with Crippen molar-refractivity contribution >= 4 is 27.5 Å². The fourth-order valence-electron chi connectivity index (χ4n) is 2.62. The van der Waals surface area contributed by atoms with Crippen molar-refractivity contribution in [2.45, 2.75) is 26.2 Å². The van der Waals surface area contributed by atoms with E-state index in [4.69, 9.17) is 0 Å². The lowest BCUT2D eigenvalue weighted by Gasteiger charge is -2.28. The monoisotopic (exact) mass is 342 g/mol. The Hall–Kier alpha value is -0.940. The Labute approximate surface area is 127 Å². The molecular weight excluding hydrogens is 323 g/mol. The van der Waals surface area contributed by atoms with Gasteiger partial charge in [-0.3, -0.25) is 4.79 Å². The molecular formula is C15H20BrFN2O. The number of piperidine rings is 1. The maximum Gasteiger partial charge on any atom is 0.224 e. The molecule has 3 nitrogen and oxygen atoms in total. The molecule has 1 aromatic rings. The number of amides is 1. The van der Waals surface area contributed by atoms with Crippen LogP contribution in [0.4, 0.5) is 10.1 Å². The Bertz CT molecular complexity index is 475. The molecule has 1 fully saturated rings. The zero-order valence-electron chi connectivity index (χ0n) is 11.6. The summed E-state index contributed by atoms with van der Waals surface area (Å²) in [5.41, 5.74) is 0.243. The van der Waals surface area contributed by atoms with Gasteiger partial charge in [-0.1, -0.05) is 22.9 Å². The van der Waals surface area contributed by atoms with Crippen LogP contribution in [0.25, 0.3) is 0 Å². The molecule has 1 aliphatic heterocycles. The third-order valence-electron chi connectivity index (χ3n) is 3.85. The van der Waals surface area contributed by atoms with Crippen LogP contribution in [0.5, 0.6) is 0 Å². The minimum Gasteiger partial charge on any atom is -0.324 e. The number of hydrogen-bond acceptors (Lipinski definition) is 2. The summed E-state index contributed by atoms with van der Waals surface area (Å²) >= 11 is 3.20. The molecule has 1 aliphatic rings. The van der Waals surface area contributed by atoms with Gasteiger partial charge in [-0.05, 0) is 56.0 Å². The van der Waals surface area contributed by atoms with E-state index in [0.29, 0.717) is 22.7 Å². The first kappa shape index (κ1) is 15.4. The Morgan fingerprint density at radius 3 is 3.05 bits per heavy atom. The Morgan fingerprint density at radius 2 is 2.40 bits per heavy atom. The molecule has 20 heavy (non-hydrogen) atoms. The molecule has 0 spiro atoms. The number of hydrogen-bond donors (Lipinski definition) is 2. The molecule has 2 atom stereocenters. The zero-order chi connectivity index (χ0) is 14.5. The van der Waals surface area contributed by atoms with Crippen molar-refractivity contribution in [2.24, 2.45) is 11.8 Å². The number of nitrogens with one attached hydrogen (secondary N) is 2. The van der Waals surface area contributed by atoms with Crippen LogP contribution in [0, 0.1) is 17.7 Å². The smallest absolute Gasteiger partial charge is 0.224 e. The molecule has 1 aromatic carbocycles. The van der Waals surface area contributed by atoms with Crippen LogP contribution >= 0.6 is 15.9 Å². The average molecular weight is 343 g/mol. The van der Waals surface area contributed by atoms with E-state index in [1.54, 1.807) is 12.1 Å². The van der Waals surface area contributed by atoms with E-state index >= 15 is 0 Å². The lowest BCUT2D eigenvalue weighted by atomic mass is 9.85. The van der Waals surface area contributed by atoms with Crippen molar-refractivity contribution in [3.8, 4) is 0 Å². The normalized spacial score (nSPS) is 20.4. The van der Waals surface area contributed by atoms with Crippen LogP contribution in [-0.4, -0.2) is 19.0 Å². The predicted octanol–water partition coefficient (Wildman–Crippen LogP) is 3.55. The van der Waals surface area contributed by atoms with E-state index in [1.807, 2.05) is 0 Å². The van der Waals surface area contributed by atoms with Crippen molar-refractivity contribution < 1.29 is 9.18 Å². The van der Waals surface area contributed by atoms with Crippen molar-refractivity contribution in [1.82, 2.24) is 5.32 Å². The minimum absolute atomic E-state index is 0.121. The van der Waals surface area contributed by atoms with Gasteiger partial charge in [0.1, 0.15) is 5.82 Å². The number of benzene rings is 1. The fourth-order valence-corrected chi connectivity index (χ4v) is 2.95. The first-order valence-corrected chi connectivity index (χ1v) is 7.81. The van der Waals surface area contributed by atoms with Gasteiger partial charge in [-0.2, -0.15) is 0 Å². The molecule has 0 aliphatic carbocycles. The van der Waals surface area contributed by atoms with E-state index in [9.17, 15) is 9.18 Å². The third kappa shape index (κ3) is 4.28. The van der Waals surface area contributed by atoms with Crippen molar-refractivity contribution in [2.75, 3.05) is 18.4 Å². The highest BCUT2D eigenvalue weighted by Gasteiger charge is 2.22. The standard InChI is InChI=1S/C15H20BrFN2O/c1-10(11-3-2-6-18-9-11)7-15(20)19-14-5-4-12(16)8-13(14)17/h4-5,8,10-11,18H,2-3,6-7,9H2,1H3,(H,19,20). The van der Waals surface area contributed by atoms with E-state index < -0.39 is 5.82 Å². The highest BCUT2D eigenvalue weighted by Crippen LogP contribution is 2.24. The molecule has 0 aromatic heterocycles. The SMILES string of the molecule is CC(CC(=O)Nc1ccc(Br)cc1F)C1CCCNC1. The Morgan fingerprint density at radius 1 is 1.60 bits per heavy atom. The fraction of sp³-hybridized carbons (Fsp3) is 0.533. The molecule has 0 saturated carbocycles. The predicted molar refractivity (Wildman–Crippen MR) is 82.1 cm³/mol. The lowest BCUT2D eigenvalue weighted by molar-refractivity contribution is -0.117. The highest BCUT2D eigenvalue weighted by molar-refractivity contribution is 9.10. The van der Waals surface area contributed by atoms with Crippen molar-refractivity contribution in [3.05, 3.63) is 28.5 Å². The minimum atomic E-state index is -0.417. The summed E-state index contributed by atoms with van der Waals surface area (Å²) < 4.78 is 14.3. The summed E-state index contributed by atoms with van der Waals surface area (Å²) in [5.74, 6) is 0.301. The van der Waals surface area contributed by atoms with Crippen LogP contribution in [0.1, 0.15) is 26.2 Å². The van der Waals surface area contributed by atoms with Crippen molar-refractivity contribution in [3.63, 3.8) is 0 Å². The maximum absolute atomic E-state index is 13.6. The molecule has 2 rings (SSSR count). The summed E-state index contributed by atoms with van der Waals surface area (Å²) in [4.78, 5) is 12.0. The van der Waals surface area contributed by atoms with E-state index in [0.717, 1.165) is 25.9 Å². The molecule has 110 valence electrons. The number of carbonyl (C=O) groups excluding carboxylic acids is 1. The summed E-state index contributed by atoms with van der Waals surface area (Å²) in [7, 11) is 0. The van der Waals surface area contributed by atoms with E-state index in [1.165, 1.54) is 6.07 Å². The summed E-state index contributed by atoms with van der Waals surface area (Å²) in [6, 6.07) is 4.64. The lowest BCUT2D eigenvalue weighted by Crippen LogP contribution is -2.34. The quantitative estimate of drug-likeness (QED) is 0.878. The van der Waals surface area contributed by atoms with Crippen LogP contribution < -0.4 is 10.6 Å². The van der Waals surface area contributed by atoms with Crippen molar-refractivity contribution in [1.29, 1.82) is 0 Å². The van der Waals surface area contributed by atoms with Gasteiger partial charge in [0.15, 0.2) is 0 Å². The highest BCUT2D eigenvalue weighted by atomic mass is 79.9. The molecule has 1 heterocycles. The van der Waals surface area contributed by atoms with Gasteiger partial charge in [0.25, 0.3) is 0 Å². The number of halogens is 2. The van der Waals surface area contributed by atoms with E-state index in [2.05, 4.69) is 33.5 Å². The first-order chi connectivity index (χ1) is 9.56. The summed E-state index contributed by atoms with van der Waals surface area (Å²) in [6.07, 6.45) is 2.76. The second-order valence-electron chi connectivity index (χ2n) is 5.46. The zero-order valence-corrected chi connectivity index (χ0v) is 13.2. The largest absolute Gasteiger partial charge is 0.324 e. The molecule has 2 unspecified atom stereocenters. The Balaban J connectivity index is 1.88. The first-order valence-electron chi connectivity index (χ1n) is 7.02. The van der Waals surface area contributed by atoms with Gasteiger partial charge in [0, 0.05) is 10.9 Å². The Kier molecular flexibility index (Phi) is 5.54. The number of carbonyl (C=O) groups is 1. The molecule has 1 saturated heterocycles. The molecule has 0 radical (unpaired) electrons. The molecule has 0 bridgehead atoms. The topological polar surface area (TPSA) is 41.1 Å². The van der Waals surface area contributed by atoms with Gasteiger partial charge >= 0.3 is 0 Å².